The summed E-state index contributed by atoms with van der Waals surface area (Å²) >= 11 is 0. The molecule has 1 aliphatic rings. The van der Waals surface area contributed by atoms with E-state index in [9.17, 15) is 19.5 Å². The number of carbonyl (C=O) groups excluding carboxylic acids is 3. The number of methoxy groups -OCH3 is 1. The van der Waals surface area contributed by atoms with Crippen molar-refractivity contribution in [1.29, 1.82) is 0 Å². The topological polar surface area (TPSA) is 108 Å². The zero-order valence-corrected chi connectivity index (χ0v) is 28.7. The molecule has 0 unspecified atom stereocenters. The van der Waals surface area contributed by atoms with Gasteiger partial charge >= 0.3 is 17.9 Å². The zero-order chi connectivity index (χ0) is 33.7. The number of rotatable bonds is 25. The lowest BCUT2D eigenvalue weighted by Crippen LogP contribution is -2.11. The number of carbonyl (C=O) groups is 3. The number of ether oxygens (including phenoxy) is 4. The quantitative estimate of drug-likeness (QED) is 0.0487. The Kier molecular flexibility index (Phi) is 19.1. The fourth-order valence-corrected chi connectivity index (χ4v) is 5.88. The van der Waals surface area contributed by atoms with Crippen LogP contribution >= 0.6 is 0 Å². The van der Waals surface area contributed by atoms with Gasteiger partial charge in [-0.2, -0.15) is 0 Å². The van der Waals surface area contributed by atoms with Crippen LogP contribution in [-0.2, 0) is 36.8 Å². The average Bonchev–Trinajstić information content (AvgIpc) is 3.41. The Hall–Kier alpha value is -3.03. The number of cyclic esters (lactones) is 1. The first-order valence-electron chi connectivity index (χ1n) is 17.4. The van der Waals surface area contributed by atoms with Crippen molar-refractivity contribution in [2.24, 2.45) is 0 Å². The lowest BCUT2D eigenvalue weighted by molar-refractivity contribution is -0.145. The third-order valence-electron chi connectivity index (χ3n) is 8.61. The van der Waals surface area contributed by atoms with Crippen molar-refractivity contribution >= 4 is 17.9 Å². The van der Waals surface area contributed by atoms with E-state index < -0.39 is 12.1 Å². The van der Waals surface area contributed by atoms with Gasteiger partial charge in [-0.1, -0.05) is 95.1 Å². The van der Waals surface area contributed by atoms with Crippen molar-refractivity contribution < 1.29 is 38.4 Å². The normalized spacial score (nSPS) is 12.7. The average molecular weight is 643 g/mol. The summed E-state index contributed by atoms with van der Waals surface area (Å²) in [6.07, 6.45) is 21.1. The first-order valence-corrected chi connectivity index (χ1v) is 17.4. The van der Waals surface area contributed by atoms with Crippen LogP contribution in [0.3, 0.4) is 0 Å². The van der Waals surface area contributed by atoms with Crippen LogP contribution < -0.4 is 4.74 Å². The van der Waals surface area contributed by atoms with Gasteiger partial charge in [0.15, 0.2) is 0 Å². The van der Waals surface area contributed by atoms with E-state index in [1.807, 2.05) is 19.9 Å². The van der Waals surface area contributed by atoms with Crippen LogP contribution in [0.25, 0.3) is 0 Å². The van der Waals surface area contributed by atoms with Crippen molar-refractivity contribution in [2.45, 2.75) is 149 Å². The number of phenolic OH excluding ortho intramolecular Hbond substituents is 1. The number of phenols is 1. The molecule has 0 aliphatic carbocycles. The number of aromatic hydroxyl groups is 1. The molecule has 1 aromatic rings. The minimum atomic E-state index is -0.512. The molecule has 0 bridgehead atoms. The van der Waals surface area contributed by atoms with Gasteiger partial charge in [-0.15, -0.1) is 0 Å². The second kappa shape index (κ2) is 22.5. The van der Waals surface area contributed by atoms with Crippen LogP contribution in [-0.4, -0.2) is 42.8 Å². The molecular formula is C38H58O8. The Balaban J connectivity index is 1.43. The van der Waals surface area contributed by atoms with Gasteiger partial charge in [-0.3, -0.25) is 9.59 Å². The lowest BCUT2D eigenvalue weighted by Gasteiger charge is -2.15. The second-order valence-corrected chi connectivity index (χ2v) is 12.6. The van der Waals surface area contributed by atoms with Crippen LogP contribution in [0, 0.1) is 20.8 Å². The van der Waals surface area contributed by atoms with Gasteiger partial charge in [-0.25, -0.2) is 4.79 Å². The van der Waals surface area contributed by atoms with Crippen LogP contribution in [0.4, 0.5) is 0 Å². The summed E-state index contributed by atoms with van der Waals surface area (Å²) in [6.45, 7) is 11.5. The highest BCUT2D eigenvalue weighted by molar-refractivity contribution is 5.98. The van der Waals surface area contributed by atoms with E-state index in [-0.39, 0.29) is 29.9 Å². The van der Waals surface area contributed by atoms with Crippen molar-refractivity contribution in [2.75, 3.05) is 13.7 Å². The molecule has 1 aromatic carbocycles. The predicted octanol–water partition coefficient (Wildman–Crippen LogP) is 9.01. The summed E-state index contributed by atoms with van der Waals surface area (Å²) in [5, 5.41) is 10.8. The zero-order valence-electron chi connectivity index (χ0n) is 28.7. The molecule has 2 radical (unpaired) electrons. The number of unbranched alkanes of at least 4 members (excludes halogenated alkanes) is 14. The monoisotopic (exact) mass is 642 g/mol. The Morgan fingerprint density at radius 2 is 1.39 bits per heavy atom. The van der Waals surface area contributed by atoms with Gasteiger partial charge in [0.1, 0.15) is 29.8 Å². The molecule has 0 spiro atoms. The standard InChI is InChI=1S/C38H58O8/c1-28(2)46-34(40)21-19-17-15-13-11-9-7-6-8-10-12-14-16-18-20-26-44-33(39)25-23-29(3)22-24-31-36(41)35-32(27-45-38(35)42)30(4)37(31)43-5/h22,28,41H,1-2,6-21,23-27H2,3-5H3/b29-22+. The van der Waals surface area contributed by atoms with Crippen LogP contribution in [0.2, 0.25) is 0 Å². The van der Waals surface area contributed by atoms with E-state index in [2.05, 4.69) is 13.8 Å². The van der Waals surface area contributed by atoms with Crippen LogP contribution in [0.15, 0.2) is 11.6 Å². The second-order valence-electron chi connectivity index (χ2n) is 12.6. The molecule has 1 aliphatic heterocycles. The Labute approximate surface area is 277 Å². The summed E-state index contributed by atoms with van der Waals surface area (Å²) in [5.74, 6) is -0.421. The maximum atomic E-state index is 12.2. The first-order chi connectivity index (χ1) is 22.1. The molecule has 258 valence electrons. The predicted molar refractivity (Wildman–Crippen MR) is 181 cm³/mol. The summed E-state index contributed by atoms with van der Waals surface area (Å²) in [4.78, 5) is 35.7. The molecular weight excluding hydrogens is 584 g/mol. The fourth-order valence-electron chi connectivity index (χ4n) is 5.88. The van der Waals surface area contributed by atoms with Gasteiger partial charge in [0.2, 0.25) is 0 Å². The third kappa shape index (κ3) is 14.6. The smallest absolute Gasteiger partial charge is 0.342 e. The van der Waals surface area contributed by atoms with Gasteiger partial charge in [0, 0.05) is 24.0 Å². The van der Waals surface area contributed by atoms with E-state index >= 15 is 0 Å². The number of esters is 3. The van der Waals surface area contributed by atoms with Crippen molar-refractivity contribution in [3.8, 4) is 11.5 Å². The molecule has 0 fully saturated rings. The molecule has 1 heterocycles. The maximum Gasteiger partial charge on any atom is 0.342 e. The Bertz CT molecular complexity index is 1120. The van der Waals surface area contributed by atoms with Crippen molar-refractivity contribution in [1.82, 2.24) is 0 Å². The van der Waals surface area contributed by atoms with Gasteiger partial charge < -0.3 is 24.1 Å². The lowest BCUT2D eigenvalue weighted by atomic mass is 9.94. The van der Waals surface area contributed by atoms with Crippen LogP contribution in [0.5, 0.6) is 11.5 Å². The summed E-state index contributed by atoms with van der Waals surface area (Å²) in [7, 11) is 1.55. The van der Waals surface area contributed by atoms with E-state index in [1.54, 1.807) is 7.11 Å². The Morgan fingerprint density at radius 1 is 0.848 bits per heavy atom. The molecule has 1 N–H and O–H groups in total. The molecule has 8 nitrogen and oxygen atoms in total. The first kappa shape index (κ1) is 39.1. The van der Waals surface area contributed by atoms with E-state index in [1.165, 1.54) is 70.6 Å². The summed E-state index contributed by atoms with van der Waals surface area (Å²) in [6, 6.07) is 0. The SMILES string of the molecule is [CH2]C([CH2])OC(=O)CCCCCCCCCCCCCCCCCOC(=O)CC/C(C)=C/Cc1c(O)c2c(c(C)c1OC)COC2=O. The molecule has 0 saturated carbocycles. The number of allylic oxidation sites excluding steroid dienone is 2. The van der Waals surface area contributed by atoms with Crippen LogP contribution in [0.1, 0.15) is 150 Å². The molecule has 8 heteroatoms. The molecule has 2 rings (SSSR count). The van der Waals surface area contributed by atoms with Gasteiger partial charge in [0.05, 0.1) is 13.7 Å². The third-order valence-corrected chi connectivity index (χ3v) is 8.61. The highest BCUT2D eigenvalue weighted by Gasteiger charge is 2.31. The highest BCUT2D eigenvalue weighted by atomic mass is 16.5. The maximum absolute atomic E-state index is 12.2. The molecule has 46 heavy (non-hydrogen) atoms. The number of fused-ring (bicyclic) bond motifs is 1. The summed E-state index contributed by atoms with van der Waals surface area (Å²) < 4.78 is 21.0. The van der Waals surface area contributed by atoms with Crippen molar-refractivity contribution in [3.05, 3.63) is 47.8 Å². The number of hydrogen-bond donors (Lipinski definition) is 1. The molecule has 0 amide bonds. The molecule has 0 aromatic heterocycles. The minimum absolute atomic E-state index is 0.0879. The molecule has 0 atom stereocenters. The van der Waals surface area contributed by atoms with Crippen molar-refractivity contribution in [3.63, 3.8) is 0 Å². The largest absolute Gasteiger partial charge is 0.507 e. The minimum Gasteiger partial charge on any atom is -0.507 e. The van der Waals surface area contributed by atoms with E-state index in [0.717, 1.165) is 36.8 Å². The molecule has 0 saturated heterocycles. The number of hydrogen-bond acceptors (Lipinski definition) is 8. The highest BCUT2D eigenvalue weighted by Crippen LogP contribution is 2.42. The Morgan fingerprint density at radius 3 is 1.93 bits per heavy atom. The van der Waals surface area contributed by atoms with Gasteiger partial charge in [-0.05, 0) is 58.9 Å². The van der Waals surface area contributed by atoms with Gasteiger partial charge in [0.25, 0.3) is 0 Å². The summed E-state index contributed by atoms with van der Waals surface area (Å²) in [5.41, 5.74) is 3.25. The number of benzene rings is 1. The fraction of sp³-hybridized carbons (Fsp3) is 0.658. The van der Waals surface area contributed by atoms with E-state index in [0.29, 0.717) is 49.2 Å². The van der Waals surface area contributed by atoms with E-state index in [4.69, 9.17) is 18.9 Å².